The average molecular weight is 353 g/mol. The molecule has 1 amide bonds. The maximum absolute atomic E-state index is 11.8. The predicted octanol–water partition coefficient (Wildman–Crippen LogP) is 2.50. The first kappa shape index (κ1) is 15.8. The van der Waals surface area contributed by atoms with E-state index >= 15 is 0 Å². The molecule has 0 saturated carbocycles. The van der Waals surface area contributed by atoms with Crippen molar-refractivity contribution < 1.29 is 4.79 Å². The lowest BCUT2D eigenvalue weighted by Crippen LogP contribution is -2.16. The predicted molar refractivity (Wildman–Crippen MR) is 86.0 cm³/mol. The minimum atomic E-state index is -0.293. The molecule has 9 heteroatoms. The highest BCUT2D eigenvalue weighted by Crippen LogP contribution is 2.30. The van der Waals surface area contributed by atoms with E-state index in [-0.39, 0.29) is 29.6 Å². The van der Waals surface area contributed by atoms with Crippen LogP contribution in [0.1, 0.15) is 30.5 Å². The Labute approximate surface area is 142 Å². The second-order valence-corrected chi connectivity index (χ2v) is 5.94. The first-order valence-electron chi connectivity index (χ1n) is 7.25. The molecular formula is C14H14Cl2N6O. The van der Waals surface area contributed by atoms with Crippen LogP contribution in [0.4, 0.5) is 5.82 Å². The number of carbonyl (C=O) groups is 1. The largest absolute Gasteiger partial charge is 0.309 e. The van der Waals surface area contributed by atoms with E-state index in [1.165, 1.54) is 10.9 Å². The Morgan fingerprint density at radius 2 is 2.30 bits per heavy atom. The monoisotopic (exact) mass is 352 g/mol. The van der Waals surface area contributed by atoms with E-state index in [9.17, 15) is 10.1 Å². The summed E-state index contributed by atoms with van der Waals surface area (Å²) in [5, 5.41) is 21.0. The number of nitriles is 1. The van der Waals surface area contributed by atoms with E-state index in [0.29, 0.717) is 10.8 Å². The Balaban J connectivity index is 2.04. The number of nitrogens with one attached hydrogen (secondary N) is 1. The van der Waals surface area contributed by atoms with E-state index in [0.717, 1.165) is 31.5 Å². The van der Waals surface area contributed by atoms with Gasteiger partial charge in [-0.05, 0) is 19.3 Å². The van der Waals surface area contributed by atoms with Gasteiger partial charge in [0, 0.05) is 18.8 Å². The Morgan fingerprint density at radius 3 is 3.00 bits per heavy atom. The number of fused-ring (bicyclic) bond motifs is 1. The van der Waals surface area contributed by atoms with Gasteiger partial charge in [0.05, 0.1) is 11.9 Å². The average Bonchev–Trinajstić information content (AvgIpc) is 3.09. The van der Waals surface area contributed by atoms with Gasteiger partial charge in [-0.15, -0.1) is 11.6 Å². The Morgan fingerprint density at radius 1 is 1.48 bits per heavy atom. The Bertz CT molecular complexity index is 788. The number of carbonyl (C=O) groups excluding carboxylic acids is 1. The molecule has 0 aliphatic carbocycles. The zero-order valence-corrected chi connectivity index (χ0v) is 13.7. The molecule has 2 aromatic rings. The van der Waals surface area contributed by atoms with Crippen molar-refractivity contribution in [2.45, 2.75) is 32.2 Å². The Hall–Kier alpha value is -2.04. The molecule has 23 heavy (non-hydrogen) atoms. The van der Waals surface area contributed by atoms with Crippen molar-refractivity contribution in [3.63, 3.8) is 0 Å². The molecule has 120 valence electrons. The standard InChI is InChI=1S/C14H14Cl2N6O/c15-5-4-11(23)19-13-9(7-17)8-18-22(13)14-12(16)10-3-1-2-6-21(10)20-14/h8H,1-6H2,(H,19,23). The fraction of sp³-hybridized carbons (Fsp3) is 0.429. The molecule has 1 N–H and O–H groups in total. The van der Waals surface area contributed by atoms with Crippen LogP contribution in [0.5, 0.6) is 0 Å². The van der Waals surface area contributed by atoms with Gasteiger partial charge < -0.3 is 5.32 Å². The van der Waals surface area contributed by atoms with Crippen molar-refractivity contribution >= 4 is 34.9 Å². The van der Waals surface area contributed by atoms with Crippen molar-refractivity contribution in [2.75, 3.05) is 11.2 Å². The normalized spacial score (nSPS) is 13.4. The van der Waals surface area contributed by atoms with Crippen LogP contribution in [-0.4, -0.2) is 31.3 Å². The van der Waals surface area contributed by atoms with Crippen LogP contribution in [0.15, 0.2) is 6.20 Å². The summed E-state index contributed by atoms with van der Waals surface area (Å²) in [6.45, 7) is 0.801. The van der Waals surface area contributed by atoms with Crippen molar-refractivity contribution in [3.8, 4) is 11.9 Å². The number of hydrogen-bond donors (Lipinski definition) is 1. The van der Waals surface area contributed by atoms with Crippen LogP contribution >= 0.6 is 23.2 Å². The summed E-state index contributed by atoms with van der Waals surface area (Å²) in [4.78, 5) is 11.8. The van der Waals surface area contributed by atoms with E-state index < -0.39 is 0 Å². The van der Waals surface area contributed by atoms with Crippen LogP contribution in [0.3, 0.4) is 0 Å². The highest BCUT2D eigenvalue weighted by molar-refractivity contribution is 6.33. The first-order chi connectivity index (χ1) is 11.2. The van der Waals surface area contributed by atoms with Gasteiger partial charge in [-0.2, -0.15) is 20.1 Å². The lowest BCUT2D eigenvalue weighted by Gasteiger charge is -2.12. The zero-order valence-electron chi connectivity index (χ0n) is 12.2. The number of halogens is 2. The number of anilines is 1. The second-order valence-electron chi connectivity index (χ2n) is 5.18. The minimum Gasteiger partial charge on any atom is -0.309 e. The van der Waals surface area contributed by atoms with Gasteiger partial charge in [-0.3, -0.25) is 9.48 Å². The number of nitrogens with zero attached hydrogens (tertiary/aromatic N) is 5. The number of amides is 1. The fourth-order valence-corrected chi connectivity index (χ4v) is 3.05. The zero-order chi connectivity index (χ0) is 16.4. The molecule has 1 aliphatic heterocycles. The molecular weight excluding hydrogens is 339 g/mol. The molecule has 0 aromatic carbocycles. The maximum atomic E-state index is 11.8. The number of aromatic nitrogens is 4. The molecule has 0 spiro atoms. The summed E-state index contributed by atoms with van der Waals surface area (Å²) in [6, 6.07) is 2.01. The van der Waals surface area contributed by atoms with Gasteiger partial charge in [0.15, 0.2) is 11.6 Å². The number of rotatable bonds is 4. The third kappa shape index (κ3) is 2.92. The van der Waals surface area contributed by atoms with Crippen molar-refractivity contribution in [1.82, 2.24) is 19.6 Å². The van der Waals surface area contributed by atoms with Gasteiger partial charge in [0.25, 0.3) is 0 Å². The van der Waals surface area contributed by atoms with Crippen molar-refractivity contribution in [1.29, 1.82) is 5.26 Å². The topological polar surface area (TPSA) is 88.5 Å². The third-order valence-corrected chi connectivity index (χ3v) is 4.26. The van der Waals surface area contributed by atoms with E-state index in [4.69, 9.17) is 23.2 Å². The summed E-state index contributed by atoms with van der Waals surface area (Å²) in [7, 11) is 0. The SMILES string of the molecule is N#Cc1cnn(-c2nn3c(c2Cl)CCCC3)c1NC(=O)CCCl. The highest BCUT2D eigenvalue weighted by atomic mass is 35.5. The lowest BCUT2D eigenvalue weighted by atomic mass is 10.1. The van der Waals surface area contributed by atoms with Crippen molar-refractivity contribution in [2.24, 2.45) is 0 Å². The lowest BCUT2D eigenvalue weighted by molar-refractivity contribution is -0.115. The maximum Gasteiger partial charge on any atom is 0.226 e. The van der Waals surface area contributed by atoms with Gasteiger partial charge in [0.2, 0.25) is 5.91 Å². The summed E-state index contributed by atoms with van der Waals surface area (Å²) in [5.41, 5.74) is 1.20. The van der Waals surface area contributed by atoms with E-state index in [1.807, 2.05) is 10.8 Å². The second kappa shape index (κ2) is 6.60. The van der Waals surface area contributed by atoms with E-state index in [1.54, 1.807) is 0 Å². The summed E-state index contributed by atoms with van der Waals surface area (Å²) in [6.07, 6.45) is 4.49. The Kier molecular flexibility index (Phi) is 4.55. The smallest absolute Gasteiger partial charge is 0.226 e. The molecule has 7 nitrogen and oxygen atoms in total. The van der Waals surface area contributed by atoms with Gasteiger partial charge in [0.1, 0.15) is 16.7 Å². The van der Waals surface area contributed by atoms with E-state index in [2.05, 4.69) is 15.5 Å². The quantitative estimate of drug-likeness (QED) is 0.856. The summed E-state index contributed by atoms with van der Waals surface area (Å²) < 4.78 is 3.26. The highest BCUT2D eigenvalue weighted by Gasteiger charge is 2.24. The third-order valence-electron chi connectivity index (χ3n) is 3.68. The molecule has 3 heterocycles. The van der Waals surface area contributed by atoms with Gasteiger partial charge in [-0.1, -0.05) is 11.6 Å². The molecule has 0 unspecified atom stereocenters. The summed E-state index contributed by atoms with van der Waals surface area (Å²) in [5.74, 6) is 0.589. The first-order valence-corrected chi connectivity index (χ1v) is 8.16. The van der Waals surface area contributed by atoms with Gasteiger partial charge in [-0.25, -0.2) is 0 Å². The van der Waals surface area contributed by atoms with Crippen LogP contribution in [0.25, 0.3) is 5.82 Å². The number of alkyl halides is 1. The van der Waals surface area contributed by atoms with Crippen LogP contribution in [0, 0.1) is 11.3 Å². The van der Waals surface area contributed by atoms with Crippen LogP contribution in [-0.2, 0) is 17.8 Å². The van der Waals surface area contributed by atoms with Gasteiger partial charge >= 0.3 is 0 Å². The number of aryl methyl sites for hydroxylation is 1. The van der Waals surface area contributed by atoms with Crippen LogP contribution in [0.2, 0.25) is 5.02 Å². The molecule has 0 atom stereocenters. The molecule has 0 bridgehead atoms. The molecule has 3 rings (SSSR count). The molecule has 0 radical (unpaired) electrons. The van der Waals surface area contributed by atoms with Crippen molar-refractivity contribution in [3.05, 3.63) is 22.5 Å². The molecule has 1 aliphatic rings. The van der Waals surface area contributed by atoms with Crippen LogP contribution < -0.4 is 5.32 Å². The minimum absolute atomic E-state index is 0.144. The number of hydrogen-bond acceptors (Lipinski definition) is 4. The molecule has 2 aromatic heterocycles. The molecule has 0 fully saturated rings. The fourth-order valence-electron chi connectivity index (χ4n) is 2.57. The summed E-state index contributed by atoms with van der Waals surface area (Å²) >= 11 is 12.0. The molecule has 0 saturated heterocycles.